The third-order valence-corrected chi connectivity index (χ3v) is 3.81. The van der Waals surface area contributed by atoms with E-state index in [0.717, 1.165) is 16.9 Å². The van der Waals surface area contributed by atoms with Gasteiger partial charge in [-0.05, 0) is 45.2 Å². The molecule has 0 saturated heterocycles. The van der Waals surface area contributed by atoms with Crippen LogP contribution in [-0.4, -0.2) is 21.9 Å². The summed E-state index contributed by atoms with van der Waals surface area (Å²) in [6.07, 6.45) is 1.39. The summed E-state index contributed by atoms with van der Waals surface area (Å²) < 4.78 is 30.9. The molecule has 0 aliphatic rings. The summed E-state index contributed by atoms with van der Waals surface area (Å²) in [7, 11) is 0. The van der Waals surface area contributed by atoms with Gasteiger partial charge in [-0.3, -0.25) is 4.79 Å². The number of carbonyl (C=O) groups excluding carboxylic acids is 1. The zero-order chi connectivity index (χ0) is 21.0. The first-order valence-corrected chi connectivity index (χ1v) is 9.20. The highest BCUT2D eigenvalue weighted by molar-refractivity contribution is 5.78. The molecule has 0 aliphatic carbocycles. The van der Waals surface area contributed by atoms with Gasteiger partial charge in [-0.2, -0.15) is 8.78 Å². The molecule has 0 N–H and O–H groups in total. The maximum absolute atomic E-state index is 12.2. The van der Waals surface area contributed by atoms with E-state index in [0.29, 0.717) is 18.6 Å². The van der Waals surface area contributed by atoms with Crippen LogP contribution in [0.1, 0.15) is 67.1 Å². The molecule has 0 unspecified atom stereocenters. The zero-order valence-electron chi connectivity index (χ0n) is 17.7. The van der Waals surface area contributed by atoms with Crippen molar-refractivity contribution >= 4 is 16.8 Å². The van der Waals surface area contributed by atoms with Crippen LogP contribution in [0.4, 0.5) is 8.78 Å². The number of carbonyl (C=O) groups is 1. The number of rotatable bonds is 4. The molecule has 2 aromatic rings. The van der Waals surface area contributed by atoms with E-state index in [4.69, 9.17) is 0 Å². The van der Waals surface area contributed by atoms with E-state index < -0.39 is 6.61 Å². The van der Waals surface area contributed by atoms with E-state index in [1.54, 1.807) is 12.1 Å². The number of hydrogen-bond acceptors (Lipinski definition) is 3. The van der Waals surface area contributed by atoms with Gasteiger partial charge in [0.1, 0.15) is 17.4 Å². The number of fused-ring (bicyclic) bond motifs is 1. The average molecular weight is 382 g/mol. The highest BCUT2D eigenvalue weighted by Crippen LogP contribution is 2.28. The number of alkyl halides is 2. The lowest BCUT2D eigenvalue weighted by Gasteiger charge is -2.23. The predicted molar refractivity (Wildman–Crippen MR) is 105 cm³/mol. The summed E-state index contributed by atoms with van der Waals surface area (Å²) in [4.78, 5) is 15.2. The first kappa shape index (κ1) is 23.1. The number of halogens is 2. The van der Waals surface area contributed by atoms with Gasteiger partial charge in [0.15, 0.2) is 0 Å². The lowest BCUT2D eigenvalue weighted by molar-refractivity contribution is -0.120. The fourth-order valence-electron chi connectivity index (χ4n) is 2.91. The van der Waals surface area contributed by atoms with Gasteiger partial charge in [-0.25, -0.2) is 4.98 Å². The van der Waals surface area contributed by atoms with Crippen molar-refractivity contribution in [3.63, 3.8) is 0 Å². The van der Waals surface area contributed by atoms with Crippen LogP contribution >= 0.6 is 0 Å². The number of aromatic nitrogens is 2. The molecule has 1 aromatic heterocycles. The fourth-order valence-corrected chi connectivity index (χ4v) is 2.91. The number of Topliss-reactive ketones (excluding diaryl/α,β-unsaturated/α-hetero) is 1. The Bertz CT molecular complexity index is 769. The fraction of sp³-hybridized carbons (Fsp3) is 0.619. The topological polar surface area (TPSA) is 44.1 Å². The SMILES string of the molecule is CCC(=O)CC(C)(C)C.Cc1nc2ccc(OC(F)F)cc2n1C(C)(C)C. The second kappa shape index (κ2) is 8.81. The van der Waals surface area contributed by atoms with Crippen molar-refractivity contribution in [1.29, 1.82) is 0 Å². The molecule has 0 saturated carbocycles. The van der Waals surface area contributed by atoms with E-state index >= 15 is 0 Å². The largest absolute Gasteiger partial charge is 0.435 e. The van der Waals surface area contributed by atoms with Crippen molar-refractivity contribution in [1.82, 2.24) is 9.55 Å². The van der Waals surface area contributed by atoms with Gasteiger partial charge in [0.2, 0.25) is 0 Å². The minimum atomic E-state index is -2.81. The van der Waals surface area contributed by atoms with Gasteiger partial charge in [0.25, 0.3) is 0 Å². The van der Waals surface area contributed by atoms with E-state index in [1.807, 2.05) is 39.2 Å². The van der Waals surface area contributed by atoms with Crippen LogP contribution in [0.3, 0.4) is 0 Å². The highest BCUT2D eigenvalue weighted by atomic mass is 19.3. The molecule has 0 atom stereocenters. The second-order valence-corrected chi connectivity index (χ2v) is 8.82. The molecule has 0 bridgehead atoms. The van der Waals surface area contributed by atoms with Gasteiger partial charge in [0.05, 0.1) is 11.0 Å². The van der Waals surface area contributed by atoms with Crippen LogP contribution in [0.25, 0.3) is 11.0 Å². The van der Waals surface area contributed by atoms with Crippen LogP contribution in [0.15, 0.2) is 18.2 Å². The summed E-state index contributed by atoms with van der Waals surface area (Å²) in [6.45, 7) is 13.4. The molecule has 152 valence electrons. The van der Waals surface area contributed by atoms with Crippen molar-refractivity contribution in [2.45, 2.75) is 80.4 Å². The third-order valence-electron chi connectivity index (χ3n) is 3.81. The van der Waals surface area contributed by atoms with Crippen molar-refractivity contribution < 1.29 is 18.3 Å². The number of hydrogen-bond donors (Lipinski definition) is 0. The standard InChI is InChI=1S/C13H16F2N2O.C8H16O/c1-8-16-10-6-5-9(18-12(14)15)7-11(10)17(8)13(2,3)4;1-5-7(9)6-8(2,3)4/h5-7,12H,1-4H3;5-6H2,1-4H3. The molecule has 0 spiro atoms. The molecular weight excluding hydrogens is 350 g/mol. The summed E-state index contributed by atoms with van der Waals surface area (Å²) in [5, 5.41) is 0. The smallest absolute Gasteiger partial charge is 0.387 e. The molecule has 0 radical (unpaired) electrons. The number of ether oxygens (including phenoxy) is 1. The maximum Gasteiger partial charge on any atom is 0.387 e. The molecule has 6 heteroatoms. The summed E-state index contributed by atoms with van der Waals surface area (Å²) in [5.74, 6) is 1.37. The Morgan fingerprint density at radius 3 is 2.19 bits per heavy atom. The monoisotopic (exact) mass is 382 g/mol. The van der Waals surface area contributed by atoms with Gasteiger partial charge in [0, 0.05) is 24.4 Å². The normalized spacial score (nSPS) is 12.1. The van der Waals surface area contributed by atoms with Crippen molar-refractivity contribution in [3.8, 4) is 5.75 Å². The van der Waals surface area contributed by atoms with Crippen molar-refractivity contribution in [2.24, 2.45) is 5.41 Å². The first-order valence-electron chi connectivity index (χ1n) is 9.20. The molecule has 0 fully saturated rings. The lowest BCUT2D eigenvalue weighted by Crippen LogP contribution is -2.22. The van der Waals surface area contributed by atoms with Crippen molar-refractivity contribution in [2.75, 3.05) is 0 Å². The Balaban J connectivity index is 0.000000345. The second-order valence-electron chi connectivity index (χ2n) is 8.82. The van der Waals surface area contributed by atoms with E-state index in [2.05, 4.69) is 30.5 Å². The molecule has 1 heterocycles. The van der Waals surface area contributed by atoms with Crippen LogP contribution in [0.5, 0.6) is 5.75 Å². The summed E-state index contributed by atoms with van der Waals surface area (Å²) in [6, 6.07) is 4.81. The number of benzene rings is 1. The Morgan fingerprint density at radius 2 is 1.78 bits per heavy atom. The summed E-state index contributed by atoms with van der Waals surface area (Å²) >= 11 is 0. The van der Waals surface area contributed by atoms with Crippen LogP contribution in [0, 0.1) is 12.3 Å². The minimum Gasteiger partial charge on any atom is -0.435 e. The molecule has 2 rings (SSSR count). The Morgan fingerprint density at radius 1 is 1.19 bits per heavy atom. The zero-order valence-corrected chi connectivity index (χ0v) is 17.7. The Hall–Kier alpha value is -1.98. The quantitative estimate of drug-likeness (QED) is 0.641. The van der Waals surface area contributed by atoms with Crippen LogP contribution in [-0.2, 0) is 10.3 Å². The van der Waals surface area contributed by atoms with Crippen molar-refractivity contribution in [3.05, 3.63) is 24.0 Å². The third kappa shape index (κ3) is 7.27. The predicted octanol–water partition coefficient (Wildman–Crippen LogP) is 6.10. The van der Waals surface area contributed by atoms with Gasteiger partial charge < -0.3 is 9.30 Å². The highest BCUT2D eigenvalue weighted by Gasteiger charge is 2.20. The molecule has 0 aliphatic heterocycles. The molecular formula is C21H32F2N2O2. The molecule has 4 nitrogen and oxygen atoms in total. The number of ketones is 1. The maximum atomic E-state index is 12.2. The van der Waals surface area contributed by atoms with Gasteiger partial charge >= 0.3 is 6.61 Å². The van der Waals surface area contributed by atoms with Gasteiger partial charge in [-0.1, -0.05) is 27.7 Å². The Labute approximate surface area is 160 Å². The number of imidazole rings is 1. The van der Waals surface area contributed by atoms with Crippen LogP contribution < -0.4 is 4.74 Å². The lowest BCUT2D eigenvalue weighted by atomic mass is 9.89. The average Bonchev–Trinajstić information content (AvgIpc) is 2.80. The van der Waals surface area contributed by atoms with E-state index in [1.165, 1.54) is 6.07 Å². The minimum absolute atomic E-state index is 0.155. The molecule has 1 aromatic carbocycles. The molecule has 0 amide bonds. The number of nitrogens with zero attached hydrogens (tertiary/aromatic N) is 2. The Kier molecular flexibility index (Phi) is 7.52. The van der Waals surface area contributed by atoms with Gasteiger partial charge in [-0.15, -0.1) is 0 Å². The summed E-state index contributed by atoms with van der Waals surface area (Å²) in [5.41, 5.74) is 1.59. The van der Waals surface area contributed by atoms with E-state index in [-0.39, 0.29) is 16.7 Å². The number of aryl methyl sites for hydroxylation is 1. The van der Waals surface area contributed by atoms with E-state index in [9.17, 15) is 13.6 Å². The molecule has 27 heavy (non-hydrogen) atoms. The van der Waals surface area contributed by atoms with Crippen LogP contribution in [0.2, 0.25) is 0 Å². The first-order chi connectivity index (χ1) is 12.2.